The lowest BCUT2D eigenvalue weighted by Gasteiger charge is -1.99. The SMILES string of the molecule is O=[P+](NCCO)OC[C@H](O)CO. The standard InChI is InChI=1S/C5H13NO5P/c7-2-1-6-12(10)11-4-5(9)3-8/h5,7-9H,1-4H2,(H,6,10)/q+1/t5-/m1/s1. The van der Waals surface area contributed by atoms with Crippen molar-refractivity contribution in [3.05, 3.63) is 0 Å². The van der Waals surface area contributed by atoms with Crippen molar-refractivity contribution in [2.75, 3.05) is 26.4 Å². The van der Waals surface area contributed by atoms with Gasteiger partial charge < -0.3 is 15.3 Å². The van der Waals surface area contributed by atoms with E-state index in [-0.39, 0.29) is 19.8 Å². The average Bonchev–Trinajstić information content (AvgIpc) is 2.10. The van der Waals surface area contributed by atoms with Crippen molar-refractivity contribution >= 4 is 8.18 Å². The second-order valence-electron chi connectivity index (χ2n) is 2.02. The summed E-state index contributed by atoms with van der Waals surface area (Å²) >= 11 is 0. The van der Waals surface area contributed by atoms with E-state index in [1.807, 2.05) is 0 Å². The van der Waals surface area contributed by atoms with Crippen molar-refractivity contribution in [3.63, 3.8) is 0 Å². The number of hydrogen-bond donors (Lipinski definition) is 4. The van der Waals surface area contributed by atoms with Crippen LogP contribution in [-0.2, 0) is 9.09 Å². The fourth-order valence-electron chi connectivity index (χ4n) is 0.393. The molecule has 72 valence electrons. The number of hydrogen-bond acceptors (Lipinski definition) is 5. The molecule has 0 aliphatic carbocycles. The molecule has 0 bridgehead atoms. The summed E-state index contributed by atoms with van der Waals surface area (Å²) < 4.78 is 15.3. The van der Waals surface area contributed by atoms with Gasteiger partial charge in [0, 0.05) is 0 Å². The second-order valence-corrected chi connectivity index (χ2v) is 3.11. The second kappa shape index (κ2) is 7.54. The van der Waals surface area contributed by atoms with Gasteiger partial charge in [-0.3, -0.25) is 0 Å². The van der Waals surface area contributed by atoms with Gasteiger partial charge in [0.1, 0.15) is 12.7 Å². The topological polar surface area (TPSA) is 99.0 Å². The highest BCUT2D eigenvalue weighted by atomic mass is 31.1. The number of rotatable bonds is 7. The molecule has 0 aromatic rings. The van der Waals surface area contributed by atoms with E-state index in [1.165, 1.54) is 0 Å². The van der Waals surface area contributed by atoms with Gasteiger partial charge in [0.2, 0.25) is 0 Å². The summed E-state index contributed by atoms with van der Waals surface area (Å²) in [6.45, 7) is -0.579. The minimum Gasteiger partial charge on any atom is -0.395 e. The molecule has 0 rings (SSSR count). The summed E-state index contributed by atoms with van der Waals surface area (Å²) in [4.78, 5) is 0. The Morgan fingerprint density at radius 3 is 2.67 bits per heavy atom. The third-order valence-corrected chi connectivity index (χ3v) is 1.81. The summed E-state index contributed by atoms with van der Waals surface area (Å²) in [6, 6.07) is 0. The van der Waals surface area contributed by atoms with Crippen LogP contribution in [0.1, 0.15) is 0 Å². The maximum absolute atomic E-state index is 10.7. The summed E-state index contributed by atoms with van der Waals surface area (Å²) in [7, 11) is -2.06. The summed E-state index contributed by atoms with van der Waals surface area (Å²) in [5.74, 6) is 0. The lowest BCUT2D eigenvalue weighted by molar-refractivity contribution is 0.0556. The normalized spacial score (nSPS) is 14.4. The van der Waals surface area contributed by atoms with Crippen LogP contribution in [0.15, 0.2) is 0 Å². The molecule has 7 heteroatoms. The molecular formula is C5H13NO5P+. The van der Waals surface area contributed by atoms with Crippen LogP contribution in [0, 0.1) is 0 Å². The molecule has 0 heterocycles. The van der Waals surface area contributed by atoms with Crippen LogP contribution in [0.5, 0.6) is 0 Å². The van der Waals surface area contributed by atoms with Gasteiger partial charge in [-0.1, -0.05) is 5.09 Å². The van der Waals surface area contributed by atoms with Crippen molar-refractivity contribution in [3.8, 4) is 0 Å². The van der Waals surface area contributed by atoms with E-state index >= 15 is 0 Å². The maximum Gasteiger partial charge on any atom is 0.613 e. The molecule has 0 aromatic heterocycles. The van der Waals surface area contributed by atoms with Crippen LogP contribution in [0.4, 0.5) is 0 Å². The van der Waals surface area contributed by atoms with Crippen molar-refractivity contribution in [2.45, 2.75) is 6.10 Å². The highest BCUT2D eigenvalue weighted by Gasteiger charge is 2.18. The smallest absolute Gasteiger partial charge is 0.395 e. The molecule has 1 unspecified atom stereocenters. The first-order chi connectivity index (χ1) is 5.70. The monoisotopic (exact) mass is 198 g/mol. The molecule has 0 fully saturated rings. The molecule has 12 heavy (non-hydrogen) atoms. The van der Waals surface area contributed by atoms with Crippen LogP contribution in [-0.4, -0.2) is 47.8 Å². The minimum atomic E-state index is -2.06. The Balaban J connectivity index is 3.31. The van der Waals surface area contributed by atoms with Gasteiger partial charge in [-0.05, 0) is 4.57 Å². The van der Waals surface area contributed by atoms with Gasteiger partial charge in [0.25, 0.3) is 0 Å². The van der Waals surface area contributed by atoms with E-state index in [4.69, 9.17) is 15.3 Å². The first-order valence-electron chi connectivity index (χ1n) is 3.44. The van der Waals surface area contributed by atoms with Gasteiger partial charge in [0.05, 0.1) is 19.8 Å². The molecule has 0 saturated heterocycles. The van der Waals surface area contributed by atoms with Crippen molar-refractivity contribution in [2.24, 2.45) is 0 Å². The Hall–Kier alpha value is -0.100. The van der Waals surface area contributed by atoms with Crippen molar-refractivity contribution in [1.82, 2.24) is 5.09 Å². The molecule has 0 radical (unpaired) electrons. The first kappa shape index (κ1) is 11.9. The van der Waals surface area contributed by atoms with Crippen LogP contribution < -0.4 is 5.09 Å². The Labute approximate surface area is 71.1 Å². The number of aliphatic hydroxyl groups excluding tert-OH is 3. The maximum atomic E-state index is 10.7. The molecule has 4 N–H and O–H groups in total. The molecule has 0 aliphatic rings. The zero-order valence-corrected chi connectivity index (χ0v) is 7.41. The van der Waals surface area contributed by atoms with E-state index in [0.717, 1.165) is 0 Å². The first-order valence-corrected chi connectivity index (χ1v) is 4.62. The quantitative estimate of drug-likeness (QED) is 0.375. The number of nitrogens with one attached hydrogen (secondary N) is 1. The Bertz CT molecular complexity index is 133. The molecule has 0 aromatic carbocycles. The molecule has 0 amide bonds. The molecule has 6 nitrogen and oxygen atoms in total. The van der Waals surface area contributed by atoms with Gasteiger partial charge in [-0.25, -0.2) is 0 Å². The lowest BCUT2D eigenvalue weighted by Crippen LogP contribution is -2.19. The molecular weight excluding hydrogens is 185 g/mol. The van der Waals surface area contributed by atoms with Gasteiger partial charge in [0.15, 0.2) is 0 Å². The fourth-order valence-corrected chi connectivity index (χ4v) is 1.07. The fraction of sp³-hybridized carbons (Fsp3) is 1.00. The summed E-state index contributed by atoms with van der Waals surface area (Å²) in [5.41, 5.74) is 0. The third kappa shape index (κ3) is 6.60. The Morgan fingerprint density at radius 1 is 1.50 bits per heavy atom. The van der Waals surface area contributed by atoms with E-state index < -0.39 is 20.9 Å². The van der Waals surface area contributed by atoms with Crippen molar-refractivity contribution < 1.29 is 24.4 Å². The van der Waals surface area contributed by atoms with Gasteiger partial charge in [-0.15, -0.1) is 4.52 Å². The highest BCUT2D eigenvalue weighted by molar-refractivity contribution is 7.36. The Kier molecular flexibility index (Phi) is 7.48. The van der Waals surface area contributed by atoms with Gasteiger partial charge >= 0.3 is 8.18 Å². The third-order valence-electron chi connectivity index (χ3n) is 0.948. The molecule has 0 aliphatic heterocycles. The zero-order chi connectivity index (χ0) is 9.40. The summed E-state index contributed by atoms with van der Waals surface area (Å²) in [6.07, 6.45) is -1.01. The number of aliphatic hydroxyl groups is 3. The lowest BCUT2D eigenvalue weighted by atomic mass is 10.4. The average molecular weight is 198 g/mol. The molecule has 0 saturated carbocycles. The molecule has 0 spiro atoms. The van der Waals surface area contributed by atoms with E-state index in [9.17, 15) is 4.57 Å². The Morgan fingerprint density at radius 2 is 2.17 bits per heavy atom. The van der Waals surface area contributed by atoms with Crippen LogP contribution in [0.3, 0.4) is 0 Å². The van der Waals surface area contributed by atoms with Crippen LogP contribution in [0.25, 0.3) is 0 Å². The van der Waals surface area contributed by atoms with Crippen molar-refractivity contribution in [1.29, 1.82) is 0 Å². The van der Waals surface area contributed by atoms with Crippen LogP contribution >= 0.6 is 8.18 Å². The van der Waals surface area contributed by atoms with Crippen LogP contribution in [0.2, 0.25) is 0 Å². The molecule has 2 atom stereocenters. The van der Waals surface area contributed by atoms with E-state index in [1.54, 1.807) is 0 Å². The largest absolute Gasteiger partial charge is 0.613 e. The predicted molar refractivity (Wildman–Crippen MR) is 41.7 cm³/mol. The summed E-state index contributed by atoms with van der Waals surface area (Å²) in [5, 5.41) is 27.7. The predicted octanol–water partition coefficient (Wildman–Crippen LogP) is -1.40. The van der Waals surface area contributed by atoms with E-state index in [0.29, 0.717) is 0 Å². The van der Waals surface area contributed by atoms with Gasteiger partial charge in [-0.2, -0.15) is 0 Å². The van der Waals surface area contributed by atoms with E-state index in [2.05, 4.69) is 9.61 Å². The minimum absolute atomic E-state index is 0.132. The zero-order valence-electron chi connectivity index (χ0n) is 6.51. The highest BCUT2D eigenvalue weighted by Crippen LogP contribution is 2.15.